The number of methoxy groups -OCH3 is 1. The minimum atomic E-state index is -0.354. The predicted octanol–water partition coefficient (Wildman–Crippen LogP) is 2.50. The maximum absolute atomic E-state index is 12.2. The average Bonchev–Trinajstić information content (AvgIpc) is 3.11. The lowest BCUT2D eigenvalue weighted by Gasteiger charge is -2.19. The number of anilines is 2. The van der Waals surface area contributed by atoms with Gasteiger partial charge in [0.15, 0.2) is 0 Å². The van der Waals surface area contributed by atoms with Crippen molar-refractivity contribution in [1.29, 1.82) is 0 Å². The molecule has 2 N–H and O–H groups in total. The minimum Gasteiger partial charge on any atom is -0.494 e. The summed E-state index contributed by atoms with van der Waals surface area (Å²) in [6, 6.07) is 12.3. The van der Waals surface area contributed by atoms with Crippen molar-refractivity contribution < 1.29 is 19.1 Å². The van der Waals surface area contributed by atoms with E-state index in [9.17, 15) is 14.4 Å². The molecule has 0 bridgehead atoms. The van der Waals surface area contributed by atoms with E-state index in [2.05, 4.69) is 10.6 Å². The van der Waals surface area contributed by atoms with Gasteiger partial charge in [-0.2, -0.15) is 0 Å². The molecule has 0 spiro atoms. The van der Waals surface area contributed by atoms with E-state index in [1.165, 1.54) is 7.11 Å². The highest BCUT2D eigenvalue weighted by Gasteiger charge is 2.24. The Labute approximate surface area is 163 Å². The van der Waals surface area contributed by atoms with Gasteiger partial charge in [0.05, 0.1) is 19.3 Å². The van der Waals surface area contributed by atoms with Crippen LogP contribution in [-0.4, -0.2) is 37.9 Å². The summed E-state index contributed by atoms with van der Waals surface area (Å²) in [5.41, 5.74) is 2.70. The molecular formula is C21H23N3O4. The summed E-state index contributed by atoms with van der Waals surface area (Å²) in [5, 5.41) is 5.33. The first-order chi connectivity index (χ1) is 13.5. The van der Waals surface area contributed by atoms with Gasteiger partial charge in [0.2, 0.25) is 11.8 Å². The lowest BCUT2D eigenvalue weighted by Crippen LogP contribution is -2.32. The number of benzene rings is 2. The van der Waals surface area contributed by atoms with Gasteiger partial charge in [0.25, 0.3) is 5.91 Å². The Bertz CT molecular complexity index is 910. The van der Waals surface area contributed by atoms with Crippen LogP contribution in [0.4, 0.5) is 11.4 Å². The second-order valence-electron chi connectivity index (χ2n) is 6.64. The molecule has 0 saturated carbocycles. The number of nitrogens with zero attached hydrogens (tertiary/aromatic N) is 1. The first-order valence-corrected chi connectivity index (χ1v) is 9.11. The quantitative estimate of drug-likeness (QED) is 0.805. The van der Waals surface area contributed by atoms with Gasteiger partial charge < -0.3 is 20.3 Å². The van der Waals surface area contributed by atoms with Crippen molar-refractivity contribution in [2.75, 3.05) is 30.4 Å². The van der Waals surface area contributed by atoms with Crippen LogP contribution >= 0.6 is 0 Å². The molecule has 3 amide bonds. The molecule has 3 rings (SSSR count). The second kappa shape index (κ2) is 8.56. The molecule has 0 unspecified atom stereocenters. The Morgan fingerprint density at radius 3 is 2.68 bits per heavy atom. The van der Waals surface area contributed by atoms with Crippen molar-refractivity contribution in [2.24, 2.45) is 0 Å². The van der Waals surface area contributed by atoms with Crippen LogP contribution in [0.3, 0.4) is 0 Å². The lowest BCUT2D eigenvalue weighted by atomic mass is 10.1. The van der Waals surface area contributed by atoms with Crippen molar-refractivity contribution in [1.82, 2.24) is 5.32 Å². The Hall–Kier alpha value is -3.35. The first-order valence-electron chi connectivity index (χ1n) is 9.11. The summed E-state index contributed by atoms with van der Waals surface area (Å²) in [5.74, 6) is -0.0850. The van der Waals surface area contributed by atoms with E-state index in [-0.39, 0.29) is 24.3 Å². The highest BCUT2D eigenvalue weighted by atomic mass is 16.5. The van der Waals surface area contributed by atoms with Crippen LogP contribution < -0.4 is 20.3 Å². The molecule has 0 atom stereocenters. The van der Waals surface area contributed by atoms with Crippen LogP contribution in [0.2, 0.25) is 0 Å². The van der Waals surface area contributed by atoms with E-state index in [4.69, 9.17) is 4.74 Å². The van der Waals surface area contributed by atoms with Crippen molar-refractivity contribution in [2.45, 2.75) is 19.8 Å². The van der Waals surface area contributed by atoms with Crippen LogP contribution in [0.5, 0.6) is 5.75 Å². The number of aryl methyl sites for hydroxylation is 1. The maximum atomic E-state index is 12.2. The standard InChI is InChI=1S/C21H23N3O4/c1-14-5-3-6-15(11-14)21(27)22-13-19(25)23-16-8-9-17(18(12-16)28-2)24-10-4-7-20(24)26/h3,5-6,8-9,11-12H,4,7,10,13H2,1-2H3,(H,22,27)(H,23,25). The van der Waals surface area contributed by atoms with E-state index in [1.807, 2.05) is 13.0 Å². The molecule has 2 aromatic rings. The summed E-state index contributed by atoms with van der Waals surface area (Å²) < 4.78 is 5.38. The molecule has 0 radical (unpaired) electrons. The van der Waals surface area contributed by atoms with Crippen LogP contribution in [0.15, 0.2) is 42.5 Å². The number of nitrogens with one attached hydrogen (secondary N) is 2. The smallest absolute Gasteiger partial charge is 0.251 e. The average molecular weight is 381 g/mol. The molecule has 2 aromatic carbocycles. The van der Waals surface area contributed by atoms with Crippen molar-refractivity contribution >= 4 is 29.1 Å². The zero-order valence-electron chi connectivity index (χ0n) is 16.0. The SMILES string of the molecule is COc1cc(NC(=O)CNC(=O)c2cccc(C)c2)ccc1N1CCCC1=O. The predicted molar refractivity (Wildman–Crippen MR) is 107 cm³/mol. The summed E-state index contributed by atoms with van der Waals surface area (Å²) in [7, 11) is 1.52. The van der Waals surface area contributed by atoms with E-state index in [1.54, 1.807) is 41.3 Å². The fourth-order valence-electron chi connectivity index (χ4n) is 3.14. The zero-order valence-corrected chi connectivity index (χ0v) is 16.0. The van der Waals surface area contributed by atoms with Crippen molar-refractivity contribution in [3.05, 3.63) is 53.6 Å². The number of amides is 3. The van der Waals surface area contributed by atoms with E-state index in [0.29, 0.717) is 35.7 Å². The van der Waals surface area contributed by atoms with Crippen molar-refractivity contribution in [3.8, 4) is 5.75 Å². The van der Waals surface area contributed by atoms with Gasteiger partial charge in [-0.15, -0.1) is 0 Å². The van der Waals surface area contributed by atoms with E-state index < -0.39 is 0 Å². The number of hydrogen-bond donors (Lipinski definition) is 2. The van der Waals surface area contributed by atoms with Crippen LogP contribution in [0.1, 0.15) is 28.8 Å². The third-order valence-electron chi connectivity index (χ3n) is 4.52. The third-order valence-corrected chi connectivity index (χ3v) is 4.52. The Morgan fingerprint density at radius 1 is 1.18 bits per heavy atom. The van der Waals surface area contributed by atoms with E-state index >= 15 is 0 Å². The largest absolute Gasteiger partial charge is 0.494 e. The minimum absolute atomic E-state index is 0.0638. The summed E-state index contributed by atoms with van der Waals surface area (Å²) in [4.78, 5) is 37.9. The Morgan fingerprint density at radius 2 is 2.00 bits per heavy atom. The van der Waals surface area contributed by atoms with Crippen LogP contribution in [-0.2, 0) is 9.59 Å². The highest BCUT2D eigenvalue weighted by molar-refractivity contribution is 6.00. The molecule has 1 heterocycles. The van der Waals surface area contributed by atoms with Gasteiger partial charge in [-0.1, -0.05) is 17.7 Å². The summed E-state index contributed by atoms with van der Waals surface area (Å²) in [6.07, 6.45) is 1.35. The molecule has 28 heavy (non-hydrogen) atoms. The number of carbonyl (C=O) groups is 3. The van der Waals surface area contributed by atoms with Gasteiger partial charge in [0, 0.05) is 30.3 Å². The number of rotatable bonds is 6. The number of hydrogen-bond acceptors (Lipinski definition) is 4. The van der Waals surface area contributed by atoms with Crippen molar-refractivity contribution in [3.63, 3.8) is 0 Å². The first kappa shape index (κ1) is 19.4. The Balaban J connectivity index is 1.61. The lowest BCUT2D eigenvalue weighted by molar-refractivity contribution is -0.117. The van der Waals surface area contributed by atoms with Crippen LogP contribution in [0.25, 0.3) is 0 Å². The molecule has 0 aromatic heterocycles. The van der Waals surface area contributed by atoms with Crippen LogP contribution in [0, 0.1) is 6.92 Å². The molecule has 1 aliphatic rings. The summed E-state index contributed by atoms with van der Waals surface area (Å²) in [6.45, 7) is 2.41. The highest BCUT2D eigenvalue weighted by Crippen LogP contribution is 2.33. The molecule has 146 valence electrons. The molecule has 7 heteroatoms. The van der Waals surface area contributed by atoms with Gasteiger partial charge in [-0.25, -0.2) is 0 Å². The molecule has 0 aliphatic carbocycles. The molecular weight excluding hydrogens is 358 g/mol. The van der Waals surface area contributed by atoms with E-state index in [0.717, 1.165) is 12.0 Å². The zero-order chi connectivity index (χ0) is 20.1. The Kier molecular flexibility index (Phi) is 5.93. The van der Waals surface area contributed by atoms with Gasteiger partial charge in [-0.3, -0.25) is 14.4 Å². The maximum Gasteiger partial charge on any atom is 0.251 e. The molecule has 1 fully saturated rings. The second-order valence-corrected chi connectivity index (χ2v) is 6.64. The number of ether oxygens (including phenoxy) is 1. The normalized spacial score (nSPS) is 13.4. The number of carbonyl (C=O) groups excluding carboxylic acids is 3. The van der Waals surface area contributed by atoms with Gasteiger partial charge >= 0.3 is 0 Å². The molecule has 7 nitrogen and oxygen atoms in total. The topological polar surface area (TPSA) is 87.7 Å². The fraction of sp³-hybridized carbons (Fsp3) is 0.286. The third kappa shape index (κ3) is 4.49. The summed E-state index contributed by atoms with van der Waals surface area (Å²) >= 11 is 0. The molecule has 1 aliphatic heterocycles. The monoisotopic (exact) mass is 381 g/mol. The van der Waals surface area contributed by atoms with Gasteiger partial charge in [-0.05, 0) is 37.6 Å². The fourth-order valence-corrected chi connectivity index (χ4v) is 3.14. The molecule has 1 saturated heterocycles. The van der Waals surface area contributed by atoms with Gasteiger partial charge in [0.1, 0.15) is 5.75 Å².